The summed E-state index contributed by atoms with van der Waals surface area (Å²) in [6, 6.07) is 0.393. The van der Waals surface area contributed by atoms with Gasteiger partial charge in [0.05, 0.1) is 6.61 Å². The van der Waals surface area contributed by atoms with Gasteiger partial charge in [-0.15, -0.1) is 0 Å². The molecular formula is C14H27NO3. The van der Waals surface area contributed by atoms with Crippen molar-refractivity contribution in [1.29, 1.82) is 0 Å². The van der Waals surface area contributed by atoms with Crippen molar-refractivity contribution in [3.8, 4) is 0 Å². The Balaban J connectivity index is 2.65. The Labute approximate surface area is 110 Å². The standard InChI is InChI=1S/C14H27NO3/c1-3-7-13(14(17)18-4-2)15(10-6-11-16)12-8-5-9-12/h12-13,16H,3-11H2,1-2H3. The molecule has 0 bridgehead atoms. The summed E-state index contributed by atoms with van der Waals surface area (Å²) >= 11 is 0. The lowest BCUT2D eigenvalue weighted by molar-refractivity contribution is -0.152. The number of aliphatic hydroxyl groups is 1. The summed E-state index contributed by atoms with van der Waals surface area (Å²) < 4.78 is 5.19. The van der Waals surface area contributed by atoms with Crippen LogP contribution in [0.25, 0.3) is 0 Å². The first-order chi connectivity index (χ1) is 8.74. The maximum absolute atomic E-state index is 12.1. The molecule has 1 atom stereocenters. The molecule has 1 aliphatic rings. The Morgan fingerprint density at radius 2 is 2.17 bits per heavy atom. The molecule has 4 heteroatoms. The van der Waals surface area contributed by atoms with E-state index in [1.165, 1.54) is 19.3 Å². The van der Waals surface area contributed by atoms with Crippen molar-refractivity contribution < 1.29 is 14.6 Å². The molecule has 106 valence electrons. The molecule has 0 aromatic rings. The molecule has 1 N–H and O–H groups in total. The second-order valence-electron chi connectivity index (χ2n) is 4.96. The summed E-state index contributed by atoms with van der Waals surface area (Å²) in [5.41, 5.74) is 0. The molecule has 0 aromatic carbocycles. The largest absolute Gasteiger partial charge is 0.465 e. The van der Waals surface area contributed by atoms with Gasteiger partial charge in [-0.05, 0) is 32.6 Å². The predicted octanol–water partition coefficient (Wildman–Crippen LogP) is 1.96. The molecule has 1 saturated carbocycles. The van der Waals surface area contributed by atoms with E-state index >= 15 is 0 Å². The molecule has 1 unspecified atom stereocenters. The van der Waals surface area contributed by atoms with E-state index in [0.717, 1.165) is 25.8 Å². The van der Waals surface area contributed by atoms with Crippen molar-refractivity contribution in [2.24, 2.45) is 0 Å². The van der Waals surface area contributed by atoms with Crippen LogP contribution in [0.2, 0.25) is 0 Å². The summed E-state index contributed by atoms with van der Waals surface area (Å²) in [6.07, 6.45) is 6.15. The molecule has 0 spiro atoms. The molecule has 0 saturated heterocycles. The fraction of sp³-hybridized carbons (Fsp3) is 0.929. The maximum Gasteiger partial charge on any atom is 0.323 e. The average Bonchev–Trinajstić information content (AvgIpc) is 2.29. The first kappa shape index (κ1) is 15.4. The molecular weight excluding hydrogens is 230 g/mol. The zero-order chi connectivity index (χ0) is 13.4. The molecule has 4 nitrogen and oxygen atoms in total. The summed E-state index contributed by atoms with van der Waals surface area (Å²) in [6.45, 7) is 5.37. The number of carbonyl (C=O) groups is 1. The highest BCUT2D eigenvalue weighted by atomic mass is 16.5. The van der Waals surface area contributed by atoms with E-state index in [-0.39, 0.29) is 18.6 Å². The van der Waals surface area contributed by atoms with Crippen molar-refractivity contribution in [3.05, 3.63) is 0 Å². The van der Waals surface area contributed by atoms with Crippen molar-refractivity contribution in [2.45, 2.75) is 64.5 Å². The van der Waals surface area contributed by atoms with Crippen LogP contribution < -0.4 is 0 Å². The minimum Gasteiger partial charge on any atom is -0.465 e. The van der Waals surface area contributed by atoms with Crippen LogP contribution in [-0.4, -0.2) is 47.8 Å². The molecule has 0 heterocycles. The van der Waals surface area contributed by atoms with E-state index < -0.39 is 0 Å². The third-order valence-electron chi connectivity index (χ3n) is 3.64. The fourth-order valence-corrected chi connectivity index (χ4v) is 2.50. The van der Waals surface area contributed by atoms with Gasteiger partial charge < -0.3 is 9.84 Å². The van der Waals surface area contributed by atoms with Gasteiger partial charge in [0.15, 0.2) is 0 Å². The smallest absolute Gasteiger partial charge is 0.323 e. The monoisotopic (exact) mass is 257 g/mol. The molecule has 0 radical (unpaired) electrons. The molecule has 0 aromatic heterocycles. The highest BCUT2D eigenvalue weighted by Gasteiger charge is 2.34. The number of hydrogen-bond acceptors (Lipinski definition) is 4. The fourth-order valence-electron chi connectivity index (χ4n) is 2.50. The Bertz CT molecular complexity index is 241. The van der Waals surface area contributed by atoms with Crippen LogP contribution in [0.3, 0.4) is 0 Å². The normalized spacial score (nSPS) is 17.6. The van der Waals surface area contributed by atoms with E-state index in [2.05, 4.69) is 11.8 Å². The van der Waals surface area contributed by atoms with Gasteiger partial charge in [0, 0.05) is 19.2 Å². The lowest BCUT2D eigenvalue weighted by Gasteiger charge is -2.41. The quantitative estimate of drug-likeness (QED) is 0.641. The second kappa shape index (κ2) is 8.48. The van der Waals surface area contributed by atoms with Crippen LogP contribution in [0.4, 0.5) is 0 Å². The number of aliphatic hydroxyl groups excluding tert-OH is 1. The Kier molecular flexibility index (Phi) is 7.28. The highest BCUT2D eigenvalue weighted by Crippen LogP contribution is 2.28. The Morgan fingerprint density at radius 1 is 1.44 bits per heavy atom. The lowest BCUT2D eigenvalue weighted by Crippen LogP contribution is -2.51. The van der Waals surface area contributed by atoms with Gasteiger partial charge in [0.2, 0.25) is 0 Å². The van der Waals surface area contributed by atoms with Crippen LogP contribution in [0.15, 0.2) is 0 Å². The number of rotatable bonds is 9. The predicted molar refractivity (Wildman–Crippen MR) is 71.4 cm³/mol. The molecule has 1 aliphatic carbocycles. The molecule has 1 fully saturated rings. The molecule has 0 aliphatic heterocycles. The number of hydrogen-bond donors (Lipinski definition) is 1. The van der Waals surface area contributed by atoms with Crippen LogP contribution in [0.5, 0.6) is 0 Å². The van der Waals surface area contributed by atoms with E-state index in [1.807, 2.05) is 6.92 Å². The molecule has 1 rings (SSSR count). The number of ether oxygens (including phenoxy) is 1. The zero-order valence-corrected chi connectivity index (χ0v) is 11.7. The highest BCUT2D eigenvalue weighted by molar-refractivity contribution is 5.75. The van der Waals surface area contributed by atoms with Gasteiger partial charge in [-0.2, -0.15) is 0 Å². The first-order valence-electron chi connectivity index (χ1n) is 7.27. The van der Waals surface area contributed by atoms with Gasteiger partial charge in [-0.1, -0.05) is 19.8 Å². The van der Waals surface area contributed by atoms with Crippen molar-refractivity contribution >= 4 is 5.97 Å². The minimum atomic E-state index is -0.119. The summed E-state index contributed by atoms with van der Waals surface area (Å²) in [7, 11) is 0. The second-order valence-corrected chi connectivity index (χ2v) is 4.96. The Morgan fingerprint density at radius 3 is 2.61 bits per heavy atom. The van der Waals surface area contributed by atoms with E-state index in [9.17, 15) is 4.79 Å². The lowest BCUT2D eigenvalue weighted by atomic mass is 9.89. The maximum atomic E-state index is 12.1. The van der Waals surface area contributed by atoms with Crippen molar-refractivity contribution in [2.75, 3.05) is 19.8 Å². The summed E-state index contributed by atoms with van der Waals surface area (Å²) in [4.78, 5) is 14.3. The van der Waals surface area contributed by atoms with Gasteiger partial charge in [-0.25, -0.2) is 0 Å². The van der Waals surface area contributed by atoms with E-state index in [1.54, 1.807) is 0 Å². The SMILES string of the molecule is CCCC(C(=O)OCC)N(CCCO)C1CCC1. The molecule has 0 amide bonds. The van der Waals surface area contributed by atoms with Crippen molar-refractivity contribution in [1.82, 2.24) is 4.90 Å². The van der Waals surface area contributed by atoms with Crippen LogP contribution in [-0.2, 0) is 9.53 Å². The topological polar surface area (TPSA) is 49.8 Å². The summed E-state index contributed by atoms with van der Waals surface area (Å²) in [5, 5.41) is 9.00. The van der Waals surface area contributed by atoms with Crippen LogP contribution >= 0.6 is 0 Å². The number of nitrogens with zero attached hydrogens (tertiary/aromatic N) is 1. The van der Waals surface area contributed by atoms with Crippen LogP contribution in [0, 0.1) is 0 Å². The third kappa shape index (κ3) is 4.25. The average molecular weight is 257 g/mol. The number of esters is 1. The minimum absolute atomic E-state index is 0.0933. The number of carbonyl (C=O) groups excluding carboxylic acids is 1. The first-order valence-corrected chi connectivity index (χ1v) is 7.27. The Hall–Kier alpha value is -0.610. The van der Waals surface area contributed by atoms with Crippen molar-refractivity contribution in [3.63, 3.8) is 0 Å². The van der Waals surface area contributed by atoms with Gasteiger partial charge in [0.25, 0.3) is 0 Å². The molecule has 18 heavy (non-hydrogen) atoms. The van der Waals surface area contributed by atoms with Gasteiger partial charge in [0.1, 0.15) is 6.04 Å². The van der Waals surface area contributed by atoms with E-state index in [4.69, 9.17) is 9.84 Å². The van der Waals surface area contributed by atoms with Gasteiger partial charge in [-0.3, -0.25) is 9.69 Å². The van der Waals surface area contributed by atoms with Crippen LogP contribution in [0.1, 0.15) is 52.4 Å². The third-order valence-corrected chi connectivity index (χ3v) is 3.64. The van der Waals surface area contributed by atoms with Gasteiger partial charge >= 0.3 is 5.97 Å². The summed E-state index contributed by atoms with van der Waals surface area (Å²) in [5.74, 6) is -0.0933. The van der Waals surface area contributed by atoms with E-state index in [0.29, 0.717) is 12.6 Å². The zero-order valence-electron chi connectivity index (χ0n) is 11.7.